The molecule has 1 aliphatic rings. The van der Waals surface area contributed by atoms with Crippen molar-refractivity contribution in [3.63, 3.8) is 0 Å². The summed E-state index contributed by atoms with van der Waals surface area (Å²) < 4.78 is 22.0. The number of benzene rings is 1. The third kappa shape index (κ3) is 4.17. The van der Waals surface area contributed by atoms with Crippen molar-refractivity contribution < 1.29 is 18.3 Å². The number of methoxy groups -OCH3 is 2. The second-order valence-corrected chi connectivity index (χ2v) is 6.45. The minimum absolute atomic E-state index is 0.593. The molecular formula is C23H22N2O4. The smallest absolute Gasteiger partial charge is 0.186 e. The molecule has 0 amide bonds. The maximum absolute atomic E-state index is 5.57. The Morgan fingerprint density at radius 3 is 2.03 bits per heavy atom. The van der Waals surface area contributed by atoms with E-state index >= 15 is 0 Å². The quantitative estimate of drug-likeness (QED) is 0.682. The van der Waals surface area contributed by atoms with Gasteiger partial charge in [0, 0.05) is 13.1 Å². The molecule has 4 rings (SSSR count). The fourth-order valence-electron chi connectivity index (χ4n) is 3.26. The number of nitrogens with zero attached hydrogens (tertiary/aromatic N) is 1. The van der Waals surface area contributed by atoms with Crippen molar-refractivity contribution in [2.45, 2.75) is 0 Å². The topological polar surface area (TPSA) is 69.1 Å². The van der Waals surface area contributed by atoms with Gasteiger partial charge >= 0.3 is 0 Å². The normalized spacial score (nSPS) is 17.0. The zero-order chi connectivity index (χ0) is 20.1. The molecule has 6 nitrogen and oxygen atoms in total. The molecule has 1 N–H and O–H groups in total. The number of rotatable bonds is 5. The minimum atomic E-state index is 0.593. The lowest BCUT2D eigenvalue weighted by molar-refractivity contribution is 0.356. The third-order valence-electron chi connectivity index (χ3n) is 4.57. The van der Waals surface area contributed by atoms with Gasteiger partial charge < -0.3 is 23.6 Å². The number of ether oxygens (including phenoxy) is 2. The monoisotopic (exact) mass is 390 g/mol. The molecule has 0 bridgehead atoms. The highest BCUT2D eigenvalue weighted by Gasteiger charge is 2.21. The number of aliphatic imine (C=N–C) groups is 1. The van der Waals surface area contributed by atoms with Crippen LogP contribution in [0, 0.1) is 0 Å². The summed E-state index contributed by atoms with van der Waals surface area (Å²) in [5, 5.41) is 3.42. The Balaban J connectivity index is 1.86. The Hall–Kier alpha value is -3.51. The van der Waals surface area contributed by atoms with Crippen LogP contribution in [0.4, 0.5) is 5.69 Å². The molecule has 0 aliphatic carbocycles. The van der Waals surface area contributed by atoms with E-state index in [0.717, 1.165) is 28.4 Å². The molecule has 29 heavy (non-hydrogen) atoms. The number of furan rings is 2. The van der Waals surface area contributed by atoms with Crippen molar-refractivity contribution in [1.82, 2.24) is 5.32 Å². The van der Waals surface area contributed by atoms with E-state index in [1.54, 1.807) is 26.7 Å². The van der Waals surface area contributed by atoms with Gasteiger partial charge in [-0.15, -0.1) is 0 Å². The SMILES string of the molecule is COc1cccc(N=C2/C(=C/c3ccco3)CNC/C2=C\c2ccco2)c1OC. The van der Waals surface area contributed by atoms with Gasteiger partial charge in [0.25, 0.3) is 0 Å². The van der Waals surface area contributed by atoms with Crippen molar-refractivity contribution in [3.05, 3.63) is 77.7 Å². The van der Waals surface area contributed by atoms with E-state index < -0.39 is 0 Å². The molecule has 1 aromatic carbocycles. The van der Waals surface area contributed by atoms with Crippen LogP contribution >= 0.6 is 0 Å². The standard InChI is InChI=1S/C23H22N2O4/c1-26-21-9-3-8-20(23(21)27-2)25-22-16(12-18-6-4-10-28-18)14-24-15-17(22)13-19-7-5-11-29-19/h3-13,24H,14-15H2,1-2H3/b16-12+,17-13+. The van der Waals surface area contributed by atoms with E-state index in [2.05, 4.69) is 5.32 Å². The zero-order valence-corrected chi connectivity index (χ0v) is 16.3. The molecule has 0 atom stereocenters. The molecular weight excluding hydrogens is 368 g/mol. The number of hydrogen-bond donors (Lipinski definition) is 1. The summed E-state index contributed by atoms with van der Waals surface area (Å²) in [7, 11) is 3.23. The van der Waals surface area contributed by atoms with Gasteiger partial charge in [0.2, 0.25) is 0 Å². The van der Waals surface area contributed by atoms with Crippen LogP contribution in [0.1, 0.15) is 11.5 Å². The Bertz CT molecular complexity index is 991. The predicted octanol–water partition coefficient (Wildman–Crippen LogP) is 4.73. The summed E-state index contributed by atoms with van der Waals surface area (Å²) >= 11 is 0. The summed E-state index contributed by atoms with van der Waals surface area (Å²) in [4.78, 5) is 4.97. The van der Waals surface area contributed by atoms with Crippen LogP contribution < -0.4 is 14.8 Å². The fraction of sp³-hybridized carbons (Fsp3) is 0.174. The van der Waals surface area contributed by atoms with Gasteiger partial charge in [-0.25, -0.2) is 4.99 Å². The molecule has 1 saturated heterocycles. The second-order valence-electron chi connectivity index (χ2n) is 6.45. The van der Waals surface area contributed by atoms with Gasteiger partial charge in [-0.2, -0.15) is 0 Å². The number of nitrogens with one attached hydrogen (secondary N) is 1. The van der Waals surface area contributed by atoms with Gasteiger partial charge in [0.05, 0.1) is 32.5 Å². The number of para-hydroxylation sites is 1. The van der Waals surface area contributed by atoms with E-state index in [-0.39, 0.29) is 0 Å². The molecule has 2 aromatic heterocycles. The predicted molar refractivity (Wildman–Crippen MR) is 113 cm³/mol. The lowest BCUT2D eigenvalue weighted by Crippen LogP contribution is -2.33. The zero-order valence-electron chi connectivity index (χ0n) is 16.3. The molecule has 3 aromatic rings. The number of piperidine rings is 1. The Labute approximate surface area is 169 Å². The van der Waals surface area contributed by atoms with Crippen molar-refractivity contribution in [2.75, 3.05) is 27.3 Å². The highest BCUT2D eigenvalue weighted by atomic mass is 16.5. The van der Waals surface area contributed by atoms with E-state index in [4.69, 9.17) is 23.3 Å². The van der Waals surface area contributed by atoms with Crippen molar-refractivity contribution in [3.8, 4) is 11.5 Å². The van der Waals surface area contributed by atoms with Gasteiger partial charge in [-0.1, -0.05) is 6.07 Å². The summed E-state index contributed by atoms with van der Waals surface area (Å²) in [6, 6.07) is 13.2. The first-order valence-electron chi connectivity index (χ1n) is 9.28. The van der Waals surface area contributed by atoms with E-state index in [0.29, 0.717) is 30.3 Å². The number of hydrogen-bond acceptors (Lipinski definition) is 6. The lowest BCUT2D eigenvalue weighted by Gasteiger charge is -2.22. The third-order valence-corrected chi connectivity index (χ3v) is 4.57. The highest BCUT2D eigenvalue weighted by molar-refractivity contribution is 6.19. The van der Waals surface area contributed by atoms with Crippen LogP contribution in [0.2, 0.25) is 0 Å². The van der Waals surface area contributed by atoms with E-state index in [9.17, 15) is 0 Å². The van der Waals surface area contributed by atoms with Gasteiger partial charge in [-0.3, -0.25) is 0 Å². The molecule has 6 heteroatoms. The molecule has 148 valence electrons. The molecule has 0 unspecified atom stereocenters. The van der Waals surface area contributed by atoms with Crippen LogP contribution in [0.5, 0.6) is 11.5 Å². The average Bonchev–Trinajstić information content (AvgIpc) is 3.44. The molecule has 0 radical (unpaired) electrons. The first-order chi connectivity index (χ1) is 14.3. The van der Waals surface area contributed by atoms with Gasteiger partial charge in [-0.05, 0) is 59.7 Å². The highest BCUT2D eigenvalue weighted by Crippen LogP contribution is 2.38. The lowest BCUT2D eigenvalue weighted by atomic mass is 9.96. The van der Waals surface area contributed by atoms with Gasteiger partial charge in [0.1, 0.15) is 17.2 Å². The first-order valence-corrected chi connectivity index (χ1v) is 9.28. The maximum Gasteiger partial charge on any atom is 0.186 e. The Kier molecular flexibility index (Phi) is 5.63. The molecule has 0 saturated carbocycles. The maximum atomic E-state index is 5.57. The van der Waals surface area contributed by atoms with Crippen molar-refractivity contribution in [1.29, 1.82) is 0 Å². The summed E-state index contributed by atoms with van der Waals surface area (Å²) in [6.07, 6.45) is 7.30. The fourth-order valence-corrected chi connectivity index (χ4v) is 3.26. The van der Waals surface area contributed by atoms with Crippen LogP contribution in [0.15, 0.2) is 80.0 Å². The second kappa shape index (κ2) is 8.67. The van der Waals surface area contributed by atoms with Crippen LogP contribution in [0.3, 0.4) is 0 Å². The van der Waals surface area contributed by atoms with E-state index in [1.807, 2.05) is 54.6 Å². The Morgan fingerprint density at radius 1 is 0.862 bits per heavy atom. The molecule has 3 heterocycles. The summed E-state index contributed by atoms with van der Waals surface area (Å²) in [5.74, 6) is 2.77. The average molecular weight is 390 g/mol. The van der Waals surface area contributed by atoms with Crippen LogP contribution in [-0.2, 0) is 0 Å². The Morgan fingerprint density at radius 2 is 1.52 bits per heavy atom. The summed E-state index contributed by atoms with van der Waals surface area (Å²) in [5.41, 5.74) is 3.56. The molecule has 1 aliphatic heterocycles. The first kappa shape index (κ1) is 18.8. The van der Waals surface area contributed by atoms with Crippen molar-refractivity contribution in [2.24, 2.45) is 4.99 Å². The van der Waals surface area contributed by atoms with Crippen LogP contribution in [0.25, 0.3) is 12.2 Å². The molecule has 1 fully saturated rings. The van der Waals surface area contributed by atoms with Gasteiger partial charge in [0.15, 0.2) is 11.5 Å². The van der Waals surface area contributed by atoms with E-state index in [1.165, 1.54) is 0 Å². The minimum Gasteiger partial charge on any atom is -0.493 e. The van der Waals surface area contributed by atoms with Crippen LogP contribution in [-0.4, -0.2) is 33.0 Å². The largest absolute Gasteiger partial charge is 0.493 e. The van der Waals surface area contributed by atoms with Crippen molar-refractivity contribution >= 4 is 23.6 Å². The molecule has 0 spiro atoms. The summed E-state index contributed by atoms with van der Waals surface area (Å²) in [6.45, 7) is 1.34.